The standard InChI is InChI=1S/C24H18Cl2N2O3/c1-13-5-3-7-19(14(13)2)28-21(16-6-4-10-27-12-16)20(23(30)24(28)31)22(29)15-8-9-17(25)18(26)11-15/h3-12,21,29H,1-2H3/b22-20+. The Morgan fingerprint density at radius 1 is 1.03 bits per heavy atom. The molecule has 2 aromatic carbocycles. The Kier molecular flexibility index (Phi) is 5.56. The molecular weight excluding hydrogens is 435 g/mol. The number of Topliss-reactive ketones (excluding diaryl/α,β-unsaturated/α-hetero) is 1. The molecule has 1 saturated heterocycles. The molecule has 3 aromatic rings. The van der Waals surface area contributed by atoms with Gasteiger partial charge >= 0.3 is 0 Å². The van der Waals surface area contributed by atoms with E-state index in [1.807, 2.05) is 26.0 Å². The predicted molar refractivity (Wildman–Crippen MR) is 121 cm³/mol. The average molecular weight is 453 g/mol. The van der Waals surface area contributed by atoms with Crippen LogP contribution in [0.2, 0.25) is 10.0 Å². The molecule has 0 radical (unpaired) electrons. The van der Waals surface area contributed by atoms with E-state index in [9.17, 15) is 14.7 Å². The number of aliphatic hydroxyl groups is 1. The van der Waals surface area contributed by atoms with E-state index in [-0.39, 0.29) is 16.4 Å². The summed E-state index contributed by atoms with van der Waals surface area (Å²) in [5.41, 5.74) is 3.31. The minimum absolute atomic E-state index is 0.0303. The molecule has 1 aliphatic rings. The number of ketones is 1. The van der Waals surface area contributed by atoms with Crippen molar-refractivity contribution >= 4 is 46.3 Å². The summed E-state index contributed by atoms with van der Waals surface area (Å²) in [4.78, 5) is 31.9. The number of aliphatic hydroxyl groups excluding tert-OH is 1. The first-order valence-corrected chi connectivity index (χ1v) is 10.3. The van der Waals surface area contributed by atoms with Crippen molar-refractivity contribution in [1.82, 2.24) is 4.98 Å². The zero-order chi connectivity index (χ0) is 22.3. The van der Waals surface area contributed by atoms with E-state index in [2.05, 4.69) is 4.98 Å². The van der Waals surface area contributed by atoms with Gasteiger partial charge in [-0.1, -0.05) is 41.4 Å². The molecule has 7 heteroatoms. The van der Waals surface area contributed by atoms with E-state index < -0.39 is 17.7 Å². The summed E-state index contributed by atoms with van der Waals surface area (Å²) in [5.74, 6) is -1.82. The number of anilines is 1. The van der Waals surface area contributed by atoms with Gasteiger partial charge in [0.05, 0.1) is 21.7 Å². The summed E-state index contributed by atoms with van der Waals surface area (Å²) in [6, 6.07) is 12.7. The number of rotatable bonds is 3. The number of carbonyl (C=O) groups is 2. The average Bonchev–Trinajstić information content (AvgIpc) is 3.03. The van der Waals surface area contributed by atoms with Gasteiger partial charge in [0.1, 0.15) is 5.76 Å². The van der Waals surface area contributed by atoms with E-state index in [0.717, 1.165) is 11.1 Å². The van der Waals surface area contributed by atoms with Gasteiger partial charge in [-0.2, -0.15) is 0 Å². The first kappa shape index (κ1) is 21.1. The second kappa shape index (κ2) is 8.17. The first-order chi connectivity index (χ1) is 14.8. The van der Waals surface area contributed by atoms with Crippen LogP contribution in [0.25, 0.3) is 5.76 Å². The van der Waals surface area contributed by atoms with Crippen molar-refractivity contribution in [2.45, 2.75) is 19.9 Å². The van der Waals surface area contributed by atoms with Crippen molar-refractivity contribution in [3.8, 4) is 0 Å². The molecule has 2 heterocycles. The molecule has 0 saturated carbocycles. The van der Waals surface area contributed by atoms with Crippen LogP contribution in [0.3, 0.4) is 0 Å². The molecule has 31 heavy (non-hydrogen) atoms. The lowest BCUT2D eigenvalue weighted by atomic mass is 9.95. The highest BCUT2D eigenvalue weighted by Gasteiger charge is 2.47. The SMILES string of the molecule is Cc1cccc(N2C(=O)C(=O)/C(=C(/O)c3ccc(Cl)c(Cl)c3)C2c2cccnc2)c1C. The lowest BCUT2D eigenvalue weighted by molar-refractivity contribution is -0.132. The highest BCUT2D eigenvalue weighted by molar-refractivity contribution is 6.52. The number of hydrogen-bond donors (Lipinski definition) is 1. The lowest BCUT2D eigenvalue weighted by Gasteiger charge is -2.27. The normalized spacial score (nSPS) is 17.9. The molecular formula is C24H18Cl2N2O3. The van der Waals surface area contributed by atoms with Gasteiger partial charge in [-0.15, -0.1) is 0 Å². The Hall–Kier alpha value is -3.15. The summed E-state index contributed by atoms with van der Waals surface area (Å²) in [6.07, 6.45) is 3.18. The van der Waals surface area contributed by atoms with Crippen molar-refractivity contribution < 1.29 is 14.7 Å². The fraction of sp³-hybridized carbons (Fsp3) is 0.125. The Balaban J connectivity index is 1.98. The molecule has 1 fully saturated rings. The van der Waals surface area contributed by atoms with Crippen molar-refractivity contribution in [1.29, 1.82) is 0 Å². The van der Waals surface area contributed by atoms with Crippen LogP contribution in [0.4, 0.5) is 5.69 Å². The fourth-order valence-electron chi connectivity index (χ4n) is 3.73. The van der Waals surface area contributed by atoms with Crippen LogP contribution in [0.5, 0.6) is 0 Å². The van der Waals surface area contributed by atoms with Gasteiger partial charge in [0.2, 0.25) is 0 Å². The molecule has 1 aromatic heterocycles. The highest BCUT2D eigenvalue weighted by Crippen LogP contribution is 2.43. The van der Waals surface area contributed by atoms with Gasteiger partial charge in [0.15, 0.2) is 0 Å². The van der Waals surface area contributed by atoms with Crippen molar-refractivity contribution in [2.75, 3.05) is 4.90 Å². The Labute approximate surface area is 189 Å². The zero-order valence-corrected chi connectivity index (χ0v) is 18.3. The molecule has 1 N–H and O–H groups in total. The first-order valence-electron chi connectivity index (χ1n) is 9.54. The summed E-state index contributed by atoms with van der Waals surface area (Å²) in [5, 5.41) is 11.6. The van der Waals surface area contributed by atoms with Gasteiger partial charge in [-0.05, 0) is 60.9 Å². The number of halogens is 2. The number of aromatic nitrogens is 1. The van der Waals surface area contributed by atoms with E-state index >= 15 is 0 Å². The molecule has 1 aliphatic heterocycles. The van der Waals surface area contributed by atoms with Crippen LogP contribution in [-0.4, -0.2) is 21.8 Å². The molecule has 0 spiro atoms. The van der Waals surface area contributed by atoms with Gasteiger partial charge in [-0.3, -0.25) is 19.5 Å². The number of benzene rings is 2. The van der Waals surface area contributed by atoms with Crippen LogP contribution < -0.4 is 4.90 Å². The molecule has 1 atom stereocenters. The van der Waals surface area contributed by atoms with Crippen LogP contribution in [0.15, 0.2) is 66.5 Å². The zero-order valence-electron chi connectivity index (χ0n) is 16.8. The Morgan fingerprint density at radius 2 is 1.81 bits per heavy atom. The maximum Gasteiger partial charge on any atom is 0.300 e. The molecule has 0 aliphatic carbocycles. The molecule has 1 unspecified atom stereocenters. The van der Waals surface area contributed by atoms with Gasteiger partial charge in [0, 0.05) is 23.6 Å². The minimum atomic E-state index is -0.844. The highest BCUT2D eigenvalue weighted by atomic mass is 35.5. The second-order valence-electron chi connectivity index (χ2n) is 7.30. The number of nitrogens with zero attached hydrogens (tertiary/aromatic N) is 2. The molecule has 0 bridgehead atoms. The van der Waals surface area contributed by atoms with Gasteiger partial charge in [0.25, 0.3) is 11.7 Å². The van der Waals surface area contributed by atoms with Gasteiger partial charge in [-0.25, -0.2) is 0 Å². The van der Waals surface area contributed by atoms with Crippen molar-refractivity contribution in [2.24, 2.45) is 0 Å². The van der Waals surface area contributed by atoms with E-state index in [1.165, 1.54) is 17.0 Å². The summed E-state index contributed by atoms with van der Waals surface area (Å²) < 4.78 is 0. The quantitative estimate of drug-likeness (QED) is 0.317. The molecule has 4 rings (SSSR count). The van der Waals surface area contributed by atoms with Crippen molar-refractivity contribution in [3.63, 3.8) is 0 Å². The Bertz CT molecular complexity index is 1240. The fourth-order valence-corrected chi connectivity index (χ4v) is 4.03. The van der Waals surface area contributed by atoms with E-state index in [0.29, 0.717) is 21.8 Å². The molecule has 156 valence electrons. The number of pyridine rings is 1. The van der Waals surface area contributed by atoms with E-state index in [1.54, 1.807) is 36.7 Å². The van der Waals surface area contributed by atoms with Gasteiger partial charge < -0.3 is 5.11 Å². The van der Waals surface area contributed by atoms with E-state index in [4.69, 9.17) is 23.2 Å². The molecule has 5 nitrogen and oxygen atoms in total. The van der Waals surface area contributed by atoms with Crippen LogP contribution in [0, 0.1) is 13.8 Å². The van der Waals surface area contributed by atoms with Crippen molar-refractivity contribution in [3.05, 3.63) is 98.8 Å². The maximum absolute atomic E-state index is 13.2. The summed E-state index contributed by atoms with van der Waals surface area (Å²) in [7, 11) is 0. The largest absolute Gasteiger partial charge is 0.507 e. The number of hydrogen-bond acceptors (Lipinski definition) is 4. The second-order valence-corrected chi connectivity index (χ2v) is 8.12. The smallest absolute Gasteiger partial charge is 0.300 e. The monoisotopic (exact) mass is 452 g/mol. The third kappa shape index (κ3) is 3.60. The predicted octanol–water partition coefficient (Wildman–Crippen LogP) is 5.63. The van der Waals surface area contributed by atoms with Crippen LogP contribution in [0.1, 0.15) is 28.3 Å². The summed E-state index contributed by atoms with van der Waals surface area (Å²) >= 11 is 12.1. The van der Waals surface area contributed by atoms with Crippen LogP contribution in [-0.2, 0) is 9.59 Å². The topological polar surface area (TPSA) is 70.5 Å². The number of aryl methyl sites for hydroxylation is 1. The lowest BCUT2D eigenvalue weighted by Crippen LogP contribution is -2.30. The van der Waals surface area contributed by atoms with Crippen LogP contribution >= 0.6 is 23.2 Å². The number of amides is 1. The Morgan fingerprint density at radius 3 is 2.48 bits per heavy atom. The summed E-state index contributed by atoms with van der Waals surface area (Å²) in [6.45, 7) is 3.83. The molecule has 1 amide bonds. The minimum Gasteiger partial charge on any atom is -0.507 e. The maximum atomic E-state index is 13.2. The number of carbonyl (C=O) groups excluding carboxylic acids is 2. The third-order valence-corrected chi connectivity index (χ3v) is 6.21. The third-order valence-electron chi connectivity index (χ3n) is 5.47.